The van der Waals surface area contributed by atoms with Crippen molar-refractivity contribution in [3.63, 3.8) is 0 Å². The van der Waals surface area contributed by atoms with Crippen LogP contribution in [0.25, 0.3) is 5.69 Å². The highest BCUT2D eigenvalue weighted by molar-refractivity contribution is 7.09. The number of hydroxylamine groups is 2. The maximum absolute atomic E-state index is 11.9. The summed E-state index contributed by atoms with van der Waals surface area (Å²) in [5.74, 6) is 1.36. The minimum absolute atomic E-state index is 0.292. The maximum atomic E-state index is 11.9. The molecule has 1 fully saturated rings. The molecule has 3 heterocycles. The number of hydrogen-bond acceptors (Lipinski definition) is 10. The molecule has 4 rings (SSSR count). The summed E-state index contributed by atoms with van der Waals surface area (Å²) in [5, 5.41) is 16.0. The van der Waals surface area contributed by atoms with Crippen molar-refractivity contribution < 1.29 is 19.1 Å². The van der Waals surface area contributed by atoms with Crippen LogP contribution in [0.1, 0.15) is 50.7 Å². The first-order valence-electron chi connectivity index (χ1n) is 10.8. The average molecular weight is 473 g/mol. The van der Waals surface area contributed by atoms with Crippen LogP contribution in [0.2, 0.25) is 0 Å². The van der Waals surface area contributed by atoms with E-state index in [2.05, 4.69) is 22.4 Å². The number of benzene rings is 1. The second-order valence-corrected chi connectivity index (χ2v) is 9.92. The fraction of sp³-hybridized carbons (Fsp3) is 0.500. The van der Waals surface area contributed by atoms with Crippen molar-refractivity contribution in [2.75, 3.05) is 13.1 Å². The Morgan fingerprint density at radius 3 is 2.70 bits per heavy atom. The topological polar surface area (TPSA) is 104 Å². The molecule has 11 heteroatoms. The Hall–Kier alpha value is -3.05. The van der Waals surface area contributed by atoms with Gasteiger partial charge in [0.05, 0.1) is 16.4 Å². The second kappa shape index (κ2) is 9.84. The van der Waals surface area contributed by atoms with E-state index in [1.165, 1.54) is 0 Å². The molecule has 0 aliphatic carbocycles. The number of carbonyl (C=O) groups is 1. The van der Waals surface area contributed by atoms with Crippen LogP contribution in [0.15, 0.2) is 36.0 Å². The molecule has 1 aliphatic rings. The molecule has 0 spiro atoms. The van der Waals surface area contributed by atoms with Gasteiger partial charge in [0.15, 0.2) is 0 Å². The number of hydrogen-bond donors (Lipinski definition) is 0. The Labute approximate surface area is 196 Å². The second-order valence-electron chi connectivity index (χ2n) is 9.03. The molecule has 0 N–H and O–H groups in total. The molecule has 0 amide bonds. The highest BCUT2D eigenvalue weighted by Crippen LogP contribution is 2.35. The SMILES string of the molecule is CC1CN(OC(=O)OC(C)(C)C)CCC1c1nc(COc2ccc(-n3cnnn3)cc2)cs1. The zero-order valence-electron chi connectivity index (χ0n) is 19.2. The lowest BCUT2D eigenvalue weighted by Gasteiger charge is -2.34. The average Bonchev–Trinajstić information content (AvgIpc) is 3.44. The lowest BCUT2D eigenvalue weighted by atomic mass is 9.88. The van der Waals surface area contributed by atoms with Crippen LogP contribution in [-0.2, 0) is 16.2 Å². The third kappa shape index (κ3) is 6.26. The van der Waals surface area contributed by atoms with Crippen LogP contribution in [0, 0.1) is 5.92 Å². The predicted molar refractivity (Wildman–Crippen MR) is 121 cm³/mol. The van der Waals surface area contributed by atoms with Crippen LogP contribution in [0.4, 0.5) is 4.79 Å². The number of thiazole rings is 1. The van der Waals surface area contributed by atoms with E-state index in [0.717, 1.165) is 28.6 Å². The van der Waals surface area contributed by atoms with Crippen LogP contribution in [0.3, 0.4) is 0 Å². The number of nitrogens with zero attached hydrogens (tertiary/aromatic N) is 6. The molecule has 1 aromatic carbocycles. The zero-order chi connectivity index (χ0) is 23.4. The van der Waals surface area contributed by atoms with Crippen molar-refractivity contribution in [1.82, 2.24) is 30.3 Å². The quantitative estimate of drug-likeness (QED) is 0.492. The standard InChI is InChI=1S/C22H28N6O4S/c1-15-11-27(32-21(29)31-22(2,3)4)10-9-19(15)20-24-16(13-33-20)12-30-18-7-5-17(6-8-18)28-14-23-25-26-28/h5-8,13-15,19H,9-12H2,1-4H3. The third-order valence-corrected chi connectivity index (χ3v) is 6.21. The van der Waals surface area contributed by atoms with Gasteiger partial charge in [0.25, 0.3) is 0 Å². The van der Waals surface area contributed by atoms with Crippen molar-refractivity contribution in [3.05, 3.63) is 46.7 Å². The van der Waals surface area contributed by atoms with E-state index in [4.69, 9.17) is 19.3 Å². The van der Waals surface area contributed by atoms with Crippen LogP contribution in [-0.4, -0.2) is 55.1 Å². The van der Waals surface area contributed by atoms with Gasteiger partial charge in [-0.3, -0.25) is 0 Å². The van der Waals surface area contributed by atoms with Gasteiger partial charge in [-0.05, 0) is 67.8 Å². The molecule has 1 aliphatic heterocycles. The number of rotatable bonds is 6. The van der Waals surface area contributed by atoms with Crippen molar-refractivity contribution in [3.8, 4) is 11.4 Å². The summed E-state index contributed by atoms with van der Waals surface area (Å²) in [5.41, 5.74) is 1.19. The summed E-state index contributed by atoms with van der Waals surface area (Å²) in [6.45, 7) is 9.29. The number of aromatic nitrogens is 5. The molecule has 0 saturated carbocycles. The van der Waals surface area contributed by atoms with E-state index in [9.17, 15) is 4.79 Å². The Balaban J connectivity index is 1.27. The summed E-state index contributed by atoms with van der Waals surface area (Å²) in [7, 11) is 0. The van der Waals surface area contributed by atoms with Gasteiger partial charge in [-0.15, -0.1) is 21.5 Å². The van der Waals surface area contributed by atoms with Gasteiger partial charge in [0.2, 0.25) is 0 Å². The summed E-state index contributed by atoms with van der Waals surface area (Å²) in [4.78, 5) is 22.1. The largest absolute Gasteiger partial charge is 0.528 e. The molecular weight excluding hydrogens is 444 g/mol. The van der Waals surface area contributed by atoms with E-state index in [-0.39, 0.29) is 0 Å². The minimum atomic E-state index is -0.659. The molecule has 1 saturated heterocycles. The Bertz CT molecular complexity index is 1050. The van der Waals surface area contributed by atoms with Gasteiger partial charge in [0, 0.05) is 24.4 Å². The highest BCUT2D eigenvalue weighted by atomic mass is 32.1. The van der Waals surface area contributed by atoms with E-state index < -0.39 is 11.8 Å². The molecule has 33 heavy (non-hydrogen) atoms. The molecule has 2 unspecified atom stereocenters. The van der Waals surface area contributed by atoms with Gasteiger partial charge < -0.3 is 14.3 Å². The summed E-state index contributed by atoms with van der Waals surface area (Å²) >= 11 is 1.65. The maximum Gasteiger partial charge on any atom is 0.528 e. The van der Waals surface area contributed by atoms with E-state index in [1.807, 2.05) is 50.4 Å². The minimum Gasteiger partial charge on any atom is -0.487 e. The molecule has 0 radical (unpaired) electrons. The van der Waals surface area contributed by atoms with E-state index >= 15 is 0 Å². The smallest absolute Gasteiger partial charge is 0.487 e. The van der Waals surface area contributed by atoms with Gasteiger partial charge in [0.1, 0.15) is 24.3 Å². The number of tetrazole rings is 1. The van der Waals surface area contributed by atoms with Gasteiger partial charge in [-0.1, -0.05) is 6.92 Å². The Kier molecular flexibility index (Phi) is 6.89. The molecule has 2 aromatic heterocycles. The number of piperidine rings is 1. The number of carbonyl (C=O) groups excluding carboxylic acids is 1. The Morgan fingerprint density at radius 1 is 1.24 bits per heavy atom. The van der Waals surface area contributed by atoms with E-state index in [1.54, 1.807) is 27.4 Å². The predicted octanol–water partition coefficient (Wildman–Crippen LogP) is 3.99. The van der Waals surface area contributed by atoms with Crippen molar-refractivity contribution in [2.24, 2.45) is 5.92 Å². The fourth-order valence-electron chi connectivity index (χ4n) is 3.62. The first-order valence-corrected chi connectivity index (χ1v) is 11.7. The van der Waals surface area contributed by atoms with Crippen LogP contribution < -0.4 is 4.74 Å². The fourth-order valence-corrected chi connectivity index (χ4v) is 4.69. The summed E-state index contributed by atoms with van der Waals surface area (Å²) in [6.07, 6.45) is 1.74. The van der Waals surface area contributed by atoms with E-state index in [0.29, 0.717) is 31.5 Å². The Morgan fingerprint density at radius 2 is 2.03 bits per heavy atom. The lowest BCUT2D eigenvalue weighted by Crippen LogP contribution is -2.40. The normalized spacial score (nSPS) is 19.3. The molecule has 176 valence electrons. The highest BCUT2D eigenvalue weighted by Gasteiger charge is 2.32. The molecular formula is C22H28N6O4S. The molecule has 0 bridgehead atoms. The monoisotopic (exact) mass is 472 g/mol. The molecule has 2 atom stereocenters. The van der Waals surface area contributed by atoms with Crippen LogP contribution in [0.5, 0.6) is 5.75 Å². The van der Waals surface area contributed by atoms with Gasteiger partial charge in [-0.25, -0.2) is 14.5 Å². The summed E-state index contributed by atoms with van der Waals surface area (Å²) in [6, 6.07) is 7.56. The first kappa shape index (κ1) is 23.1. The zero-order valence-corrected chi connectivity index (χ0v) is 20.0. The van der Waals surface area contributed by atoms with Crippen LogP contribution >= 0.6 is 11.3 Å². The van der Waals surface area contributed by atoms with Crippen molar-refractivity contribution in [2.45, 2.75) is 52.2 Å². The van der Waals surface area contributed by atoms with Gasteiger partial charge in [-0.2, -0.15) is 0 Å². The molecule has 10 nitrogen and oxygen atoms in total. The van der Waals surface area contributed by atoms with Crippen molar-refractivity contribution in [1.29, 1.82) is 0 Å². The first-order chi connectivity index (χ1) is 15.8. The number of ether oxygens (including phenoxy) is 2. The summed E-state index contributed by atoms with van der Waals surface area (Å²) < 4.78 is 12.7. The molecule has 3 aromatic rings. The lowest BCUT2D eigenvalue weighted by molar-refractivity contribution is -0.160. The third-order valence-electron chi connectivity index (χ3n) is 5.18. The van der Waals surface area contributed by atoms with Gasteiger partial charge >= 0.3 is 6.16 Å². The van der Waals surface area contributed by atoms with Crippen molar-refractivity contribution >= 4 is 17.5 Å².